The fourth-order valence-corrected chi connectivity index (χ4v) is 1.83. The van der Waals surface area contributed by atoms with Crippen molar-refractivity contribution in [1.82, 2.24) is 0 Å². The molecular formula is C14H17NO3. The topological polar surface area (TPSA) is 57.6 Å². The van der Waals surface area contributed by atoms with E-state index in [9.17, 15) is 0 Å². The van der Waals surface area contributed by atoms with Crippen LogP contribution < -0.4 is 10.8 Å². The smallest absolute Gasteiger partial charge is 0.178 e. The Morgan fingerprint density at radius 1 is 1.17 bits per heavy atom. The summed E-state index contributed by atoms with van der Waals surface area (Å²) in [5, 5.41) is 0. The lowest BCUT2D eigenvalue weighted by Gasteiger charge is -2.05. The second-order valence-electron chi connectivity index (χ2n) is 4.54. The van der Waals surface area contributed by atoms with Crippen molar-refractivity contribution in [2.45, 2.75) is 20.3 Å². The van der Waals surface area contributed by atoms with Gasteiger partial charge < -0.3 is 9.30 Å². The van der Waals surface area contributed by atoms with E-state index in [0.717, 1.165) is 23.5 Å². The zero-order valence-corrected chi connectivity index (χ0v) is 10.6. The Morgan fingerprint density at radius 2 is 1.94 bits per heavy atom. The molecule has 0 aliphatic rings. The third-order valence-corrected chi connectivity index (χ3v) is 2.56. The number of hydrogen-bond donors (Lipinski definition) is 1. The molecule has 0 fully saturated rings. The Morgan fingerprint density at radius 3 is 2.67 bits per heavy atom. The van der Waals surface area contributed by atoms with E-state index in [2.05, 4.69) is 18.8 Å². The van der Waals surface area contributed by atoms with Gasteiger partial charge in [-0.1, -0.05) is 31.0 Å². The molecule has 0 amide bonds. The highest BCUT2D eigenvalue weighted by Gasteiger charge is 2.11. The van der Waals surface area contributed by atoms with Gasteiger partial charge in [-0.15, -0.1) is 0 Å². The zero-order chi connectivity index (χ0) is 13.0. The van der Waals surface area contributed by atoms with Crippen LogP contribution in [0.3, 0.4) is 0 Å². The first-order chi connectivity index (χ1) is 8.70. The molecule has 0 saturated heterocycles. The summed E-state index contributed by atoms with van der Waals surface area (Å²) in [6.45, 7) is 4.31. The number of nitrogens with two attached hydrogens (primary N) is 1. The fourth-order valence-electron chi connectivity index (χ4n) is 1.83. The van der Waals surface area contributed by atoms with E-state index in [1.807, 2.05) is 30.3 Å². The van der Waals surface area contributed by atoms with Crippen LogP contribution >= 0.6 is 0 Å². The third kappa shape index (κ3) is 2.91. The average Bonchev–Trinajstić information content (AvgIpc) is 2.77. The van der Waals surface area contributed by atoms with Gasteiger partial charge in [-0.3, -0.25) is 0 Å². The maximum absolute atomic E-state index is 5.79. The van der Waals surface area contributed by atoms with Crippen molar-refractivity contribution in [3.8, 4) is 17.1 Å². The van der Waals surface area contributed by atoms with Crippen molar-refractivity contribution >= 4 is 0 Å². The van der Waals surface area contributed by atoms with Crippen LogP contribution in [0.2, 0.25) is 0 Å². The molecule has 0 atom stereocenters. The lowest BCUT2D eigenvalue weighted by Crippen LogP contribution is -2.03. The number of hydrogen-bond acceptors (Lipinski definition) is 4. The molecular weight excluding hydrogens is 230 g/mol. The van der Waals surface area contributed by atoms with E-state index in [1.54, 1.807) is 6.07 Å². The number of rotatable bonds is 5. The Hall–Kier alpha value is -1.78. The monoisotopic (exact) mass is 247 g/mol. The van der Waals surface area contributed by atoms with E-state index in [-0.39, 0.29) is 0 Å². The Balaban J connectivity index is 2.28. The molecule has 4 nitrogen and oxygen atoms in total. The standard InChI is InChI=1S/C14H17NO3/c1-10(2)9-11-7-8-13(16-11)12-5-3-4-6-14(12)17-18-15/h3-8,10H,9,15H2,1-2H3. The molecule has 1 aromatic carbocycles. The predicted molar refractivity (Wildman–Crippen MR) is 68.6 cm³/mol. The van der Waals surface area contributed by atoms with Gasteiger partial charge in [0.2, 0.25) is 0 Å². The normalized spacial score (nSPS) is 10.9. The van der Waals surface area contributed by atoms with Crippen LogP contribution in [-0.4, -0.2) is 0 Å². The highest BCUT2D eigenvalue weighted by molar-refractivity contribution is 5.65. The molecule has 0 spiro atoms. The highest BCUT2D eigenvalue weighted by Crippen LogP contribution is 2.31. The molecule has 0 aliphatic heterocycles. The van der Waals surface area contributed by atoms with Crippen LogP contribution in [0, 0.1) is 5.92 Å². The van der Waals surface area contributed by atoms with Crippen molar-refractivity contribution in [3.63, 3.8) is 0 Å². The summed E-state index contributed by atoms with van der Waals surface area (Å²) < 4.78 is 5.79. The van der Waals surface area contributed by atoms with Crippen molar-refractivity contribution in [2.75, 3.05) is 0 Å². The average molecular weight is 247 g/mol. The summed E-state index contributed by atoms with van der Waals surface area (Å²) in [5.74, 6) is 7.73. The Bertz CT molecular complexity index is 505. The van der Waals surface area contributed by atoms with Gasteiger partial charge >= 0.3 is 0 Å². The van der Waals surface area contributed by atoms with Crippen LogP contribution in [-0.2, 0) is 11.4 Å². The summed E-state index contributed by atoms with van der Waals surface area (Å²) in [6.07, 6.45) is 0.913. The van der Waals surface area contributed by atoms with E-state index in [1.165, 1.54) is 0 Å². The van der Waals surface area contributed by atoms with Crippen molar-refractivity contribution < 1.29 is 14.3 Å². The van der Waals surface area contributed by atoms with Gasteiger partial charge in [-0.05, 0) is 30.2 Å². The maximum atomic E-state index is 5.79. The minimum atomic E-state index is 0.533. The van der Waals surface area contributed by atoms with Crippen molar-refractivity contribution in [2.24, 2.45) is 11.8 Å². The van der Waals surface area contributed by atoms with Crippen LogP contribution in [0.25, 0.3) is 11.3 Å². The van der Waals surface area contributed by atoms with Crippen LogP contribution in [0.4, 0.5) is 0 Å². The fraction of sp³-hybridized carbons (Fsp3) is 0.286. The zero-order valence-electron chi connectivity index (χ0n) is 10.6. The van der Waals surface area contributed by atoms with Crippen LogP contribution in [0.15, 0.2) is 40.8 Å². The SMILES string of the molecule is CC(C)Cc1ccc(-c2ccccc2OON)o1. The van der Waals surface area contributed by atoms with Gasteiger partial charge in [0.15, 0.2) is 5.75 Å². The summed E-state index contributed by atoms with van der Waals surface area (Å²) in [7, 11) is 0. The van der Waals surface area contributed by atoms with E-state index in [0.29, 0.717) is 11.7 Å². The molecule has 18 heavy (non-hydrogen) atoms. The van der Waals surface area contributed by atoms with E-state index in [4.69, 9.17) is 15.2 Å². The summed E-state index contributed by atoms with van der Waals surface area (Å²) >= 11 is 0. The third-order valence-electron chi connectivity index (χ3n) is 2.56. The molecule has 4 heteroatoms. The summed E-state index contributed by atoms with van der Waals surface area (Å²) in [6, 6.07) is 11.3. The van der Waals surface area contributed by atoms with Gasteiger partial charge in [-0.25, -0.2) is 0 Å². The molecule has 0 saturated carbocycles. The molecule has 0 radical (unpaired) electrons. The summed E-state index contributed by atoms with van der Waals surface area (Å²) in [4.78, 5) is 9.12. The largest absolute Gasteiger partial charge is 0.461 e. The minimum Gasteiger partial charge on any atom is -0.461 e. The number of benzene rings is 1. The molecule has 2 aromatic rings. The van der Waals surface area contributed by atoms with Gasteiger partial charge in [-0.2, -0.15) is 5.90 Å². The van der Waals surface area contributed by atoms with Crippen molar-refractivity contribution in [1.29, 1.82) is 0 Å². The minimum absolute atomic E-state index is 0.533. The van der Waals surface area contributed by atoms with Gasteiger partial charge in [0, 0.05) is 6.42 Å². The molecule has 0 aliphatic carbocycles. The molecule has 0 unspecified atom stereocenters. The maximum Gasteiger partial charge on any atom is 0.178 e. The highest BCUT2D eigenvalue weighted by atomic mass is 17.3. The van der Waals surface area contributed by atoms with Crippen LogP contribution in [0.1, 0.15) is 19.6 Å². The lowest BCUT2D eigenvalue weighted by molar-refractivity contribution is -0.211. The van der Waals surface area contributed by atoms with E-state index >= 15 is 0 Å². The quantitative estimate of drug-likeness (QED) is 0.650. The van der Waals surface area contributed by atoms with Gasteiger partial charge in [0.25, 0.3) is 0 Å². The second-order valence-corrected chi connectivity index (χ2v) is 4.54. The number of para-hydroxylation sites is 1. The molecule has 0 bridgehead atoms. The van der Waals surface area contributed by atoms with Crippen molar-refractivity contribution in [3.05, 3.63) is 42.2 Å². The number of furan rings is 1. The Kier molecular flexibility index (Phi) is 4.02. The first-order valence-electron chi connectivity index (χ1n) is 5.92. The van der Waals surface area contributed by atoms with Gasteiger partial charge in [0.1, 0.15) is 11.5 Å². The predicted octanol–water partition coefficient (Wildman–Crippen LogP) is 3.33. The molecule has 2 rings (SSSR count). The first-order valence-corrected chi connectivity index (χ1v) is 5.92. The van der Waals surface area contributed by atoms with Crippen LogP contribution in [0.5, 0.6) is 5.75 Å². The molecule has 2 N–H and O–H groups in total. The van der Waals surface area contributed by atoms with E-state index < -0.39 is 0 Å². The summed E-state index contributed by atoms with van der Waals surface area (Å²) in [5.41, 5.74) is 0.818. The van der Waals surface area contributed by atoms with Gasteiger partial charge in [0.05, 0.1) is 5.56 Å². The molecule has 96 valence electrons. The lowest BCUT2D eigenvalue weighted by atomic mass is 10.1. The first kappa shape index (κ1) is 12.7. The second kappa shape index (κ2) is 5.71. The molecule has 1 aromatic heterocycles. The Labute approximate surface area is 106 Å². The molecule has 1 heterocycles.